The van der Waals surface area contributed by atoms with Crippen molar-refractivity contribution in [1.29, 1.82) is 0 Å². The molecule has 1 fully saturated rings. The summed E-state index contributed by atoms with van der Waals surface area (Å²) < 4.78 is 5.59. The molecule has 2 amide bonds. The van der Waals surface area contributed by atoms with Crippen molar-refractivity contribution in [3.05, 3.63) is 59.7 Å². The topological polar surface area (TPSA) is 95.9 Å². The molecule has 2 N–H and O–H groups in total. The zero-order chi connectivity index (χ0) is 24.5. The SMILES string of the molecule is CC[C@H](NC(=O)OCC1c2ccccc2-c2ccccc21)C(=O)N1CCCC(C)(C)C1C(=O)O. The van der Waals surface area contributed by atoms with Gasteiger partial charge in [-0.3, -0.25) is 4.79 Å². The highest BCUT2D eigenvalue weighted by Crippen LogP contribution is 2.44. The Hall–Kier alpha value is -3.35. The van der Waals surface area contributed by atoms with E-state index in [1.807, 2.05) is 50.2 Å². The number of nitrogens with one attached hydrogen (secondary N) is 1. The van der Waals surface area contributed by atoms with E-state index in [0.717, 1.165) is 35.1 Å². The number of benzene rings is 2. The minimum absolute atomic E-state index is 0.0757. The molecule has 0 aromatic heterocycles. The molecule has 0 spiro atoms. The first-order valence-electron chi connectivity index (χ1n) is 11.9. The van der Waals surface area contributed by atoms with Crippen LogP contribution in [0.25, 0.3) is 11.1 Å². The Morgan fingerprint density at radius 2 is 1.68 bits per heavy atom. The van der Waals surface area contributed by atoms with Crippen molar-refractivity contribution in [2.24, 2.45) is 5.41 Å². The van der Waals surface area contributed by atoms with Gasteiger partial charge in [0.05, 0.1) is 0 Å². The average molecular weight is 465 g/mol. The quantitative estimate of drug-likeness (QED) is 0.660. The number of aliphatic carboxylic acids is 1. The van der Waals surface area contributed by atoms with Crippen molar-refractivity contribution >= 4 is 18.0 Å². The summed E-state index contributed by atoms with van der Waals surface area (Å²) in [6, 6.07) is 14.4. The molecule has 2 aromatic carbocycles. The summed E-state index contributed by atoms with van der Waals surface area (Å²) in [4.78, 5) is 39.3. The van der Waals surface area contributed by atoms with Crippen LogP contribution in [0.3, 0.4) is 0 Å². The lowest BCUT2D eigenvalue weighted by Gasteiger charge is -2.45. The van der Waals surface area contributed by atoms with Gasteiger partial charge in [0.25, 0.3) is 0 Å². The molecule has 0 bridgehead atoms. The van der Waals surface area contributed by atoms with Gasteiger partial charge in [-0.1, -0.05) is 69.3 Å². The first-order valence-corrected chi connectivity index (χ1v) is 11.9. The number of ether oxygens (including phenoxy) is 1. The Morgan fingerprint density at radius 1 is 1.09 bits per heavy atom. The first kappa shape index (κ1) is 23.8. The van der Waals surface area contributed by atoms with Crippen LogP contribution >= 0.6 is 0 Å². The summed E-state index contributed by atoms with van der Waals surface area (Å²) in [5, 5.41) is 12.5. The second-order valence-electron chi connectivity index (χ2n) is 9.80. The fourth-order valence-electron chi connectivity index (χ4n) is 5.42. The largest absolute Gasteiger partial charge is 0.480 e. The fourth-order valence-corrected chi connectivity index (χ4v) is 5.42. The molecule has 34 heavy (non-hydrogen) atoms. The van der Waals surface area contributed by atoms with Crippen LogP contribution in [0.4, 0.5) is 4.79 Å². The maximum Gasteiger partial charge on any atom is 0.407 e. The van der Waals surface area contributed by atoms with Crippen LogP contribution in [-0.2, 0) is 14.3 Å². The third-order valence-electron chi connectivity index (χ3n) is 7.13. The number of hydrogen-bond donors (Lipinski definition) is 2. The second-order valence-corrected chi connectivity index (χ2v) is 9.80. The zero-order valence-corrected chi connectivity index (χ0v) is 19.9. The van der Waals surface area contributed by atoms with Crippen molar-refractivity contribution < 1.29 is 24.2 Å². The molecular weight excluding hydrogens is 432 g/mol. The van der Waals surface area contributed by atoms with E-state index < -0.39 is 29.6 Å². The molecule has 7 nitrogen and oxygen atoms in total. The van der Waals surface area contributed by atoms with Gasteiger partial charge in [-0.2, -0.15) is 0 Å². The number of carbonyl (C=O) groups excluding carboxylic acids is 2. The lowest BCUT2D eigenvalue weighted by atomic mass is 9.76. The highest BCUT2D eigenvalue weighted by atomic mass is 16.5. The predicted molar refractivity (Wildman–Crippen MR) is 128 cm³/mol. The third kappa shape index (κ3) is 4.39. The van der Waals surface area contributed by atoms with Crippen molar-refractivity contribution in [1.82, 2.24) is 10.2 Å². The van der Waals surface area contributed by atoms with Crippen LogP contribution in [0.2, 0.25) is 0 Å². The minimum atomic E-state index is -1.02. The number of fused-ring (bicyclic) bond motifs is 3. The number of amides is 2. The minimum Gasteiger partial charge on any atom is -0.480 e. The molecule has 180 valence electrons. The Balaban J connectivity index is 1.43. The van der Waals surface area contributed by atoms with E-state index >= 15 is 0 Å². The summed E-state index contributed by atoms with van der Waals surface area (Å²) in [7, 11) is 0. The molecule has 0 saturated carbocycles. The average Bonchev–Trinajstić information content (AvgIpc) is 3.13. The number of alkyl carbamates (subject to hydrolysis) is 1. The van der Waals surface area contributed by atoms with Gasteiger partial charge in [-0.25, -0.2) is 9.59 Å². The highest BCUT2D eigenvalue weighted by Gasteiger charge is 2.45. The van der Waals surface area contributed by atoms with Gasteiger partial charge in [0.15, 0.2) is 0 Å². The van der Waals surface area contributed by atoms with Gasteiger partial charge in [-0.05, 0) is 46.9 Å². The van der Waals surface area contributed by atoms with Gasteiger partial charge < -0.3 is 20.1 Å². The predicted octanol–water partition coefficient (Wildman–Crippen LogP) is 4.41. The molecular formula is C27H32N2O5. The number of carboxylic acid groups (broad SMARTS) is 1. The van der Waals surface area contributed by atoms with Gasteiger partial charge in [0, 0.05) is 12.5 Å². The summed E-state index contributed by atoms with van der Waals surface area (Å²) in [5.74, 6) is -1.47. The molecule has 1 heterocycles. The van der Waals surface area contributed by atoms with E-state index in [9.17, 15) is 19.5 Å². The Bertz CT molecular complexity index is 1050. The molecule has 1 saturated heterocycles. The summed E-state index contributed by atoms with van der Waals surface area (Å²) in [6.07, 6.45) is 1.12. The van der Waals surface area contributed by atoms with Crippen LogP contribution in [0.15, 0.2) is 48.5 Å². The monoisotopic (exact) mass is 464 g/mol. The second kappa shape index (κ2) is 9.49. The normalized spacial score (nSPS) is 19.6. The fraction of sp³-hybridized carbons (Fsp3) is 0.444. The van der Waals surface area contributed by atoms with Crippen LogP contribution < -0.4 is 5.32 Å². The van der Waals surface area contributed by atoms with Crippen LogP contribution in [0, 0.1) is 5.41 Å². The molecule has 2 aliphatic rings. The smallest absolute Gasteiger partial charge is 0.407 e. The van der Waals surface area contributed by atoms with E-state index in [4.69, 9.17) is 4.74 Å². The highest BCUT2D eigenvalue weighted by molar-refractivity contribution is 5.90. The van der Waals surface area contributed by atoms with Crippen LogP contribution in [0.5, 0.6) is 0 Å². The van der Waals surface area contributed by atoms with E-state index in [1.165, 1.54) is 4.90 Å². The van der Waals surface area contributed by atoms with Crippen molar-refractivity contribution in [3.63, 3.8) is 0 Å². The maximum atomic E-state index is 13.2. The maximum absolute atomic E-state index is 13.2. The standard InChI is InChI=1S/C27H32N2O5/c1-4-22(24(30)29-15-9-14-27(2,3)23(29)25(31)32)28-26(33)34-16-21-19-12-7-5-10-17(19)18-11-6-8-13-20(18)21/h5-8,10-13,21-23H,4,9,14-16H2,1-3H3,(H,28,33)(H,31,32)/t22-,23?/m0/s1. The molecule has 1 aliphatic heterocycles. The van der Waals surface area contributed by atoms with E-state index in [0.29, 0.717) is 13.0 Å². The molecule has 0 radical (unpaired) electrons. The van der Waals surface area contributed by atoms with E-state index in [2.05, 4.69) is 17.4 Å². The van der Waals surface area contributed by atoms with Gasteiger partial charge >= 0.3 is 12.1 Å². The number of nitrogens with zero attached hydrogens (tertiary/aromatic N) is 1. The summed E-state index contributed by atoms with van der Waals surface area (Å²) in [5.41, 5.74) is 3.96. The number of piperidine rings is 1. The number of carbonyl (C=O) groups is 3. The lowest BCUT2D eigenvalue weighted by molar-refractivity contribution is -0.159. The summed E-state index contributed by atoms with van der Waals surface area (Å²) >= 11 is 0. The van der Waals surface area contributed by atoms with Crippen molar-refractivity contribution in [2.45, 2.75) is 58.0 Å². The van der Waals surface area contributed by atoms with Crippen LogP contribution in [-0.4, -0.2) is 53.2 Å². The molecule has 7 heteroatoms. The van der Waals surface area contributed by atoms with E-state index in [1.54, 1.807) is 6.92 Å². The molecule has 4 rings (SSSR count). The summed E-state index contributed by atoms with van der Waals surface area (Å²) in [6.45, 7) is 6.04. The first-order chi connectivity index (χ1) is 16.2. The molecule has 2 atom stereocenters. The third-order valence-corrected chi connectivity index (χ3v) is 7.13. The Kier molecular flexibility index (Phi) is 6.64. The van der Waals surface area contributed by atoms with Crippen LogP contribution in [0.1, 0.15) is 57.1 Å². The number of rotatable bonds is 6. The Morgan fingerprint density at radius 3 is 2.24 bits per heavy atom. The van der Waals surface area contributed by atoms with Gasteiger partial charge in [0.2, 0.25) is 5.91 Å². The molecule has 1 aliphatic carbocycles. The Labute approximate surface area is 200 Å². The molecule has 2 aromatic rings. The van der Waals surface area contributed by atoms with E-state index in [-0.39, 0.29) is 18.4 Å². The van der Waals surface area contributed by atoms with Crippen molar-refractivity contribution in [3.8, 4) is 11.1 Å². The number of hydrogen-bond acceptors (Lipinski definition) is 4. The lowest BCUT2D eigenvalue weighted by Crippen LogP contribution is -2.60. The zero-order valence-electron chi connectivity index (χ0n) is 19.9. The number of carboxylic acids is 1. The van der Waals surface area contributed by atoms with Gasteiger partial charge in [0.1, 0.15) is 18.7 Å². The van der Waals surface area contributed by atoms with Gasteiger partial charge in [-0.15, -0.1) is 0 Å². The van der Waals surface area contributed by atoms with Crippen molar-refractivity contribution in [2.75, 3.05) is 13.2 Å². The number of likely N-dealkylation sites (tertiary alicyclic amines) is 1. The molecule has 1 unspecified atom stereocenters.